The van der Waals surface area contributed by atoms with Gasteiger partial charge in [0, 0.05) is 27.2 Å². The molecular formula is C21H25ClN6O5S. The van der Waals surface area contributed by atoms with Crippen molar-refractivity contribution in [2.45, 2.75) is 12.1 Å². The van der Waals surface area contributed by atoms with Crippen LogP contribution in [0.5, 0.6) is 0 Å². The van der Waals surface area contributed by atoms with Gasteiger partial charge in [0.1, 0.15) is 17.2 Å². The average molecular weight is 509 g/mol. The Kier molecular flexibility index (Phi) is 7.97. The number of carbonyl (C=O) groups excluding carboxylic acids is 2. The number of nitrogens with zero attached hydrogens (tertiary/aromatic N) is 5. The van der Waals surface area contributed by atoms with Crippen LogP contribution in [-0.4, -0.2) is 90.5 Å². The zero-order chi connectivity index (χ0) is 25.0. The van der Waals surface area contributed by atoms with Gasteiger partial charge in [0.15, 0.2) is 0 Å². The van der Waals surface area contributed by atoms with Crippen LogP contribution in [0.25, 0.3) is 11.4 Å². The third-order valence-electron chi connectivity index (χ3n) is 5.38. The summed E-state index contributed by atoms with van der Waals surface area (Å²) < 4.78 is 31.9. The summed E-state index contributed by atoms with van der Waals surface area (Å²) in [5.41, 5.74) is 1.30. The number of hydrogen-bond donors (Lipinski definition) is 1. The zero-order valence-electron chi connectivity index (χ0n) is 18.9. The molecule has 34 heavy (non-hydrogen) atoms. The fourth-order valence-electron chi connectivity index (χ4n) is 3.81. The van der Waals surface area contributed by atoms with E-state index >= 15 is 0 Å². The predicted octanol–water partition coefficient (Wildman–Crippen LogP) is 0.898. The number of ether oxygens (including phenoxy) is 1. The molecule has 11 nitrogen and oxygen atoms in total. The minimum absolute atomic E-state index is 0.0283. The number of carbonyl (C=O) groups is 2. The molecule has 1 saturated heterocycles. The first-order chi connectivity index (χ1) is 16.1. The maximum absolute atomic E-state index is 12.7. The number of piperazine rings is 1. The number of amides is 2. The fourth-order valence-corrected chi connectivity index (χ4v) is 5.12. The van der Waals surface area contributed by atoms with Crippen molar-refractivity contribution in [1.82, 2.24) is 29.5 Å². The second-order valence-electron chi connectivity index (χ2n) is 7.63. The van der Waals surface area contributed by atoms with Crippen LogP contribution < -0.4 is 5.32 Å². The van der Waals surface area contributed by atoms with E-state index in [4.69, 9.17) is 16.3 Å². The van der Waals surface area contributed by atoms with Gasteiger partial charge in [0.2, 0.25) is 15.9 Å². The summed E-state index contributed by atoms with van der Waals surface area (Å²) in [4.78, 5) is 38.5. The number of nitrogens with one attached hydrogen (secondary N) is 1. The highest BCUT2D eigenvalue weighted by Crippen LogP contribution is 2.33. The van der Waals surface area contributed by atoms with Crippen LogP contribution in [0.2, 0.25) is 5.15 Å². The van der Waals surface area contributed by atoms with Crippen molar-refractivity contribution < 1.29 is 22.7 Å². The van der Waals surface area contributed by atoms with Crippen LogP contribution in [0.1, 0.15) is 22.1 Å². The van der Waals surface area contributed by atoms with Crippen molar-refractivity contribution >= 4 is 33.4 Å². The summed E-state index contributed by atoms with van der Waals surface area (Å²) in [6.07, 6.45) is 3.52. The second-order valence-corrected chi connectivity index (χ2v) is 9.95. The van der Waals surface area contributed by atoms with Crippen LogP contribution >= 0.6 is 11.6 Å². The van der Waals surface area contributed by atoms with Crippen molar-refractivity contribution in [3.05, 3.63) is 53.6 Å². The van der Waals surface area contributed by atoms with E-state index in [-0.39, 0.29) is 36.5 Å². The van der Waals surface area contributed by atoms with Crippen LogP contribution in [-0.2, 0) is 19.6 Å². The molecule has 0 aromatic carbocycles. The SMILES string of the molecule is C=CC(=O)N1C[C@H](c2cc(Cl)nc(-c3cc(C(=O)NC)ncn3)c2)N(S(C)(=O)=O)C[C@H]1COC. The molecule has 2 atom stereocenters. The minimum Gasteiger partial charge on any atom is -0.382 e. The molecule has 0 bridgehead atoms. The Morgan fingerprint density at radius 2 is 2.00 bits per heavy atom. The lowest BCUT2D eigenvalue weighted by atomic mass is 10.0. The van der Waals surface area contributed by atoms with Gasteiger partial charge in [-0.1, -0.05) is 18.2 Å². The molecule has 1 aliphatic heterocycles. The normalized spacial score (nSPS) is 19.0. The highest BCUT2D eigenvalue weighted by Gasteiger charge is 2.40. The van der Waals surface area contributed by atoms with Gasteiger partial charge in [-0.05, 0) is 29.8 Å². The monoisotopic (exact) mass is 508 g/mol. The highest BCUT2D eigenvalue weighted by atomic mass is 35.5. The molecule has 0 unspecified atom stereocenters. The Bertz CT molecular complexity index is 1210. The Hall–Kier alpha value is -2.93. The van der Waals surface area contributed by atoms with E-state index < -0.39 is 28.0 Å². The number of pyridine rings is 1. The Balaban J connectivity index is 2.09. The van der Waals surface area contributed by atoms with Crippen molar-refractivity contribution in [3.63, 3.8) is 0 Å². The molecule has 182 valence electrons. The van der Waals surface area contributed by atoms with Crippen LogP contribution in [0, 0.1) is 0 Å². The third-order valence-corrected chi connectivity index (χ3v) is 6.83. The van der Waals surface area contributed by atoms with E-state index in [2.05, 4.69) is 26.8 Å². The molecule has 3 rings (SSSR count). The largest absolute Gasteiger partial charge is 0.382 e. The highest BCUT2D eigenvalue weighted by molar-refractivity contribution is 7.88. The summed E-state index contributed by atoms with van der Waals surface area (Å²) in [5, 5.41) is 2.59. The molecule has 0 aliphatic carbocycles. The Morgan fingerprint density at radius 3 is 2.62 bits per heavy atom. The molecule has 2 aromatic heterocycles. The van der Waals surface area contributed by atoms with Crippen molar-refractivity contribution in [3.8, 4) is 11.4 Å². The van der Waals surface area contributed by atoms with E-state index in [1.807, 2.05) is 0 Å². The molecule has 0 saturated carbocycles. The van der Waals surface area contributed by atoms with Gasteiger partial charge in [-0.2, -0.15) is 4.31 Å². The number of sulfonamides is 1. The van der Waals surface area contributed by atoms with Crippen molar-refractivity contribution in [2.75, 3.05) is 40.1 Å². The summed E-state index contributed by atoms with van der Waals surface area (Å²) in [6, 6.07) is 3.40. The Labute approximate surface area is 202 Å². The topological polar surface area (TPSA) is 135 Å². The first-order valence-corrected chi connectivity index (χ1v) is 12.4. The Morgan fingerprint density at radius 1 is 1.26 bits per heavy atom. The third kappa shape index (κ3) is 5.58. The first-order valence-electron chi connectivity index (χ1n) is 10.2. The lowest BCUT2D eigenvalue weighted by Crippen LogP contribution is -2.58. The molecule has 2 amide bonds. The maximum atomic E-state index is 12.7. The van der Waals surface area contributed by atoms with Gasteiger partial charge in [0.05, 0.1) is 36.3 Å². The van der Waals surface area contributed by atoms with Crippen LogP contribution in [0.15, 0.2) is 37.2 Å². The minimum atomic E-state index is -3.67. The molecule has 1 fully saturated rings. The van der Waals surface area contributed by atoms with Gasteiger partial charge in [-0.25, -0.2) is 23.4 Å². The number of rotatable bonds is 7. The average Bonchev–Trinajstić information content (AvgIpc) is 2.82. The smallest absolute Gasteiger partial charge is 0.269 e. The number of hydrogen-bond acceptors (Lipinski definition) is 8. The fraction of sp³-hybridized carbons (Fsp3) is 0.381. The van der Waals surface area contributed by atoms with Gasteiger partial charge in [-0.3, -0.25) is 9.59 Å². The van der Waals surface area contributed by atoms with Crippen LogP contribution in [0.3, 0.4) is 0 Å². The second kappa shape index (κ2) is 10.6. The number of aromatic nitrogens is 3. The van der Waals surface area contributed by atoms with E-state index in [1.165, 1.54) is 41.8 Å². The molecule has 13 heteroatoms. The molecule has 0 radical (unpaired) electrons. The molecule has 0 spiro atoms. The quantitative estimate of drug-likeness (QED) is 0.430. The predicted molar refractivity (Wildman–Crippen MR) is 126 cm³/mol. The van der Waals surface area contributed by atoms with E-state index in [0.29, 0.717) is 17.0 Å². The molecule has 1 aliphatic rings. The van der Waals surface area contributed by atoms with Gasteiger partial charge < -0.3 is 15.0 Å². The summed E-state index contributed by atoms with van der Waals surface area (Å²) >= 11 is 6.30. The van der Waals surface area contributed by atoms with Crippen molar-refractivity contribution in [2.24, 2.45) is 0 Å². The maximum Gasteiger partial charge on any atom is 0.269 e. The van der Waals surface area contributed by atoms with Gasteiger partial charge in [0.25, 0.3) is 5.91 Å². The summed E-state index contributed by atoms with van der Waals surface area (Å²) in [7, 11) is -0.705. The number of methoxy groups -OCH3 is 1. The van der Waals surface area contributed by atoms with Crippen LogP contribution in [0.4, 0.5) is 0 Å². The molecule has 3 heterocycles. The standard InChI is InChI=1S/C21H25ClN6O5S/c1-5-20(29)27-10-18(28(34(4,31)32)9-14(27)11-33-3)13-6-16(26-19(22)7-13)15-8-17(21(30)23-2)25-12-24-15/h5-8,12,14,18H,1,9-11H2,2-4H3,(H,23,30)/t14-,18+/m0/s1. The zero-order valence-corrected chi connectivity index (χ0v) is 20.5. The van der Waals surface area contributed by atoms with E-state index in [9.17, 15) is 18.0 Å². The van der Waals surface area contributed by atoms with Crippen molar-refractivity contribution in [1.29, 1.82) is 0 Å². The lowest BCUT2D eigenvalue weighted by molar-refractivity contribution is -0.132. The first kappa shape index (κ1) is 25.7. The number of halogens is 1. The lowest BCUT2D eigenvalue weighted by Gasteiger charge is -2.44. The summed E-state index contributed by atoms with van der Waals surface area (Å²) in [6.45, 7) is 3.79. The van der Waals surface area contributed by atoms with Gasteiger partial charge >= 0.3 is 0 Å². The molecule has 2 aromatic rings. The van der Waals surface area contributed by atoms with E-state index in [0.717, 1.165) is 6.26 Å². The summed E-state index contributed by atoms with van der Waals surface area (Å²) in [5.74, 6) is -0.740. The van der Waals surface area contributed by atoms with Gasteiger partial charge in [-0.15, -0.1) is 0 Å². The molecular weight excluding hydrogens is 484 g/mol. The molecule has 1 N–H and O–H groups in total. The van der Waals surface area contributed by atoms with E-state index in [1.54, 1.807) is 12.1 Å².